The van der Waals surface area contributed by atoms with Gasteiger partial charge < -0.3 is 5.32 Å². The van der Waals surface area contributed by atoms with Gasteiger partial charge in [-0.05, 0) is 37.4 Å². The Morgan fingerprint density at radius 3 is 2.81 bits per heavy atom. The topological polar surface area (TPSA) is 24.9 Å². The second-order valence-corrected chi connectivity index (χ2v) is 6.72. The molecule has 112 valence electrons. The Kier molecular flexibility index (Phi) is 4.25. The van der Waals surface area contributed by atoms with E-state index in [-0.39, 0.29) is 5.54 Å². The third-order valence-electron chi connectivity index (χ3n) is 5.03. The first-order valence-electron chi connectivity index (χ1n) is 8.29. The lowest BCUT2D eigenvalue weighted by Crippen LogP contribution is -2.51. The van der Waals surface area contributed by atoms with Crippen molar-refractivity contribution in [3.05, 3.63) is 42.1 Å². The van der Waals surface area contributed by atoms with Gasteiger partial charge in [0, 0.05) is 23.0 Å². The predicted octanol–water partition coefficient (Wildman–Crippen LogP) is 4.34. The molecule has 0 saturated carbocycles. The maximum atomic E-state index is 4.89. The Hall–Kier alpha value is -1.41. The smallest absolute Gasteiger partial charge is 0.0705 e. The molecule has 0 aliphatic carbocycles. The summed E-state index contributed by atoms with van der Waals surface area (Å²) in [6, 6.07) is 12.8. The zero-order valence-corrected chi connectivity index (χ0v) is 13.2. The Bertz CT molecular complexity index is 595. The summed E-state index contributed by atoms with van der Waals surface area (Å²) in [4.78, 5) is 4.89. The third kappa shape index (κ3) is 3.11. The molecule has 0 radical (unpaired) electrons. The molecule has 0 amide bonds. The molecule has 1 unspecified atom stereocenters. The summed E-state index contributed by atoms with van der Waals surface area (Å²) in [5.74, 6) is 0.629. The molecule has 21 heavy (non-hydrogen) atoms. The number of aromatic nitrogens is 1. The molecular weight excluding hydrogens is 256 g/mol. The van der Waals surface area contributed by atoms with Crippen LogP contribution >= 0.6 is 0 Å². The van der Waals surface area contributed by atoms with Crippen molar-refractivity contribution in [1.82, 2.24) is 10.3 Å². The predicted molar refractivity (Wildman–Crippen MR) is 89.5 cm³/mol. The Labute approximate surface area is 128 Å². The Balaban J connectivity index is 1.90. The van der Waals surface area contributed by atoms with Crippen molar-refractivity contribution in [1.29, 1.82) is 0 Å². The fourth-order valence-corrected chi connectivity index (χ4v) is 3.55. The van der Waals surface area contributed by atoms with E-state index in [9.17, 15) is 0 Å². The van der Waals surface area contributed by atoms with E-state index in [1.54, 1.807) is 0 Å². The van der Waals surface area contributed by atoms with Gasteiger partial charge in [0.15, 0.2) is 0 Å². The van der Waals surface area contributed by atoms with E-state index in [4.69, 9.17) is 4.98 Å². The lowest BCUT2D eigenvalue weighted by atomic mass is 9.78. The Morgan fingerprint density at radius 2 is 1.95 bits per heavy atom. The second kappa shape index (κ2) is 6.15. The van der Waals surface area contributed by atoms with Gasteiger partial charge in [0.05, 0.1) is 5.52 Å². The third-order valence-corrected chi connectivity index (χ3v) is 5.03. The van der Waals surface area contributed by atoms with Gasteiger partial charge >= 0.3 is 0 Å². The molecule has 3 rings (SSSR count). The molecule has 2 heteroatoms. The van der Waals surface area contributed by atoms with Crippen LogP contribution in [0, 0.1) is 5.92 Å². The number of pyridine rings is 1. The highest BCUT2D eigenvalue weighted by Gasteiger charge is 2.34. The van der Waals surface area contributed by atoms with Gasteiger partial charge in [-0.1, -0.05) is 51.0 Å². The summed E-state index contributed by atoms with van der Waals surface area (Å²) >= 11 is 0. The number of nitrogens with zero attached hydrogens (tertiary/aromatic N) is 1. The maximum absolute atomic E-state index is 4.89. The first kappa shape index (κ1) is 14.5. The minimum absolute atomic E-state index is 0.214. The fraction of sp³-hybridized carbons (Fsp3) is 0.526. The van der Waals surface area contributed by atoms with Crippen LogP contribution in [0.25, 0.3) is 10.9 Å². The lowest BCUT2D eigenvalue weighted by molar-refractivity contribution is 0.224. The second-order valence-electron chi connectivity index (χ2n) is 6.72. The highest BCUT2D eigenvalue weighted by molar-refractivity contribution is 5.78. The number of fused-ring (bicyclic) bond motifs is 1. The molecule has 1 N–H and O–H groups in total. The van der Waals surface area contributed by atoms with E-state index >= 15 is 0 Å². The zero-order chi connectivity index (χ0) is 14.7. The molecule has 1 atom stereocenters. The summed E-state index contributed by atoms with van der Waals surface area (Å²) in [6.45, 7) is 5.84. The molecule has 1 saturated heterocycles. The van der Waals surface area contributed by atoms with Crippen molar-refractivity contribution in [2.75, 3.05) is 6.54 Å². The summed E-state index contributed by atoms with van der Waals surface area (Å²) in [7, 11) is 0. The minimum Gasteiger partial charge on any atom is -0.311 e. The van der Waals surface area contributed by atoms with Crippen molar-refractivity contribution < 1.29 is 0 Å². The van der Waals surface area contributed by atoms with E-state index in [0.717, 1.165) is 18.5 Å². The highest BCUT2D eigenvalue weighted by atomic mass is 15.0. The van der Waals surface area contributed by atoms with Crippen LogP contribution in [0.15, 0.2) is 36.4 Å². The van der Waals surface area contributed by atoms with Crippen molar-refractivity contribution in [3.8, 4) is 0 Å². The molecule has 2 aromatic rings. The molecule has 2 heterocycles. The standard InChI is InChI=1S/C19H26N2/c1-15(2)19(12-6-3-7-13-20-19)14-17-11-10-16-8-4-5-9-18(16)21-17/h4-5,8-11,15,20H,3,6-7,12-14H2,1-2H3. The number of benzene rings is 1. The molecule has 1 fully saturated rings. The quantitative estimate of drug-likeness (QED) is 0.906. The van der Waals surface area contributed by atoms with Gasteiger partial charge in [-0.15, -0.1) is 0 Å². The number of hydrogen-bond acceptors (Lipinski definition) is 2. The molecule has 1 aromatic heterocycles. The van der Waals surface area contributed by atoms with Crippen LogP contribution in [0.3, 0.4) is 0 Å². The van der Waals surface area contributed by atoms with Crippen LogP contribution in [0.4, 0.5) is 0 Å². The van der Waals surface area contributed by atoms with Crippen molar-refractivity contribution >= 4 is 10.9 Å². The number of hydrogen-bond donors (Lipinski definition) is 1. The summed E-state index contributed by atoms with van der Waals surface area (Å²) in [5, 5.41) is 5.08. The van der Waals surface area contributed by atoms with Crippen LogP contribution < -0.4 is 5.32 Å². The average Bonchev–Trinajstić information content (AvgIpc) is 2.74. The van der Waals surface area contributed by atoms with Gasteiger partial charge in [-0.2, -0.15) is 0 Å². The molecule has 1 aromatic carbocycles. The summed E-state index contributed by atoms with van der Waals surface area (Å²) in [5.41, 5.74) is 2.55. The van der Waals surface area contributed by atoms with Gasteiger partial charge in [-0.25, -0.2) is 0 Å². The van der Waals surface area contributed by atoms with E-state index in [1.165, 1.54) is 36.8 Å². The van der Waals surface area contributed by atoms with Gasteiger partial charge in [0.25, 0.3) is 0 Å². The highest BCUT2D eigenvalue weighted by Crippen LogP contribution is 2.30. The summed E-state index contributed by atoms with van der Waals surface area (Å²) in [6.07, 6.45) is 6.29. The molecule has 0 spiro atoms. The van der Waals surface area contributed by atoms with Crippen LogP contribution in [0.1, 0.15) is 45.2 Å². The molecule has 1 aliphatic rings. The van der Waals surface area contributed by atoms with Crippen molar-refractivity contribution in [2.24, 2.45) is 5.92 Å². The maximum Gasteiger partial charge on any atom is 0.0705 e. The molecule has 1 aliphatic heterocycles. The van der Waals surface area contributed by atoms with Crippen LogP contribution in [0.2, 0.25) is 0 Å². The summed E-state index contributed by atoms with van der Waals surface area (Å²) < 4.78 is 0. The van der Waals surface area contributed by atoms with E-state index < -0.39 is 0 Å². The van der Waals surface area contributed by atoms with Crippen LogP contribution in [-0.4, -0.2) is 17.1 Å². The van der Waals surface area contributed by atoms with E-state index in [1.807, 2.05) is 0 Å². The van der Waals surface area contributed by atoms with Crippen LogP contribution in [0.5, 0.6) is 0 Å². The first-order valence-corrected chi connectivity index (χ1v) is 8.29. The first-order chi connectivity index (χ1) is 10.2. The van der Waals surface area contributed by atoms with E-state index in [0.29, 0.717) is 5.92 Å². The largest absolute Gasteiger partial charge is 0.311 e. The minimum atomic E-state index is 0.214. The monoisotopic (exact) mass is 282 g/mol. The number of nitrogens with one attached hydrogen (secondary N) is 1. The van der Waals surface area contributed by atoms with Gasteiger partial charge in [0.2, 0.25) is 0 Å². The number of rotatable bonds is 3. The van der Waals surface area contributed by atoms with Crippen molar-refractivity contribution in [3.63, 3.8) is 0 Å². The van der Waals surface area contributed by atoms with Crippen molar-refractivity contribution in [2.45, 2.75) is 51.5 Å². The fourth-order valence-electron chi connectivity index (χ4n) is 3.55. The Morgan fingerprint density at radius 1 is 1.10 bits per heavy atom. The normalized spacial score (nSPS) is 23.4. The zero-order valence-electron chi connectivity index (χ0n) is 13.2. The SMILES string of the molecule is CC(C)C1(Cc2ccc3ccccc3n2)CCCCCN1. The lowest BCUT2D eigenvalue weighted by Gasteiger charge is -2.38. The average molecular weight is 282 g/mol. The molecule has 2 nitrogen and oxygen atoms in total. The van der Waals surface area contributed by atoms with Gasteiger partial charge in [-0.3, -0.25) is 4.98 Å². The van der Waals surface area contributed by atoms with Crippen LogP contribution in [-0.2, 0) is 6.42 Å². The molecule has 0 bridgehead atoms. The van der Waals surface area contributed by atoms with Gasteiger partial charge in [0.1, 0.15) is 0 Å². The molecular formula is C19H26N2. The number of para-hydroxylation sites is 1. The van der Waals surface area contributed by atoms with E-state index in [2.05, 4.69) is 55.6 Å².